The number of carbonyl (C=O) groups excluding carboxylic acids is 1. The minimum absolute atomic E-state index is 0.127. The molecule has 1 aliphatic heterocycles. The fraction of sp³-hybridized carbons (Fsp3) is 0.435. The molecule has 0 unspecified atom stereocenters. The molecule has 2 aliphatic rings. The van der Waals surface area contributed by atoms with Crippen LogP contribution in [0.4, 0.5) is 15.9 Å². The summed E-state index contributed by atoms with van der Waals surface area (Å²) in [7, 11) is 0. The zero-order valence-corrected chi connectivity index (χ0v) is 17.9. The van der Waals surface area contributed by atoms with Crippen molar-refractivity contribution in [1.29, 1.82) is 0 Å². The molecule has 0 spiro atoms. The number of halogens is 1. The van der Waals surface area contributed by atoms with Gasteiger partial charge in [0.25, 0.3) is 5.91 Å². The standard InChI is InChI=1S/C23H27FN6O/c1-14-7-20-15(2)22(24)19(13-30(20)11-14)28-23(31)18-9-27-21(10-26-18)29-6-5-16(12-29)8-25-17-3-4-17/h7,9-11,13,16-17,25H,3-6,8,12H2,1-2H3,(H,28,31)/t16-/m1/s1. The van der Waals surface area contributed by atoms with Crippen molar-refractivity contribution in [2.24, 2.45) is 5.92 Å². The molecule has 5 rings (SSSR count). The Kier molecular flexibility index (Phi) is 5.09. The Morgan fingerprint density at radius 3 is 2.77 bits per heavy atom. The molecule has 3 aromatic rings. The van der Waals surface area contributed by atoms with Crippen molar-refractivity contribution in [1.82, 2.24) is 19.7 Å². The molecule has 8 heteroatoms. The second kappa shape index (κ2) is 7.92. The molecule has 0 aromatic carbocycles. The number of fused-ring (bicyclic) bond motifs is 1. The topological polar surface area (TPSA) is 74.6 Å². The van der Waals surface area contributed by atoms with Gasteiger partial charge in [0.15, 0.2) is 5.82 Å². The van der Waals surface area contributed by atoms with Crippen LogP contribution in [0.3, 0.4) is 0 Å². The number of hydrogen-bond donors (Lipinski definition) is 2. The third kappa shape index (κ3) is 4.12. The first-order valence-electron chi connectivity index (χ1n) is 10.9. The van der Waals surface area contributed by atoms with E-state index >= 15 is 0 Å². The Balaban J connectivity index is 1.25. The third-order valence-corrected chi connectivity index (χ3v) is 6.20. The molecule has 7 nitrogen and oxygen atoms in total. The van der Waals surface area contributed by atoms with Crippen LogP contribution in [-0.4, -0.2) is 46.0 Å². The third-order valence-electron chi connectivity index (χ3n) is 6.20. The summed E-state index contributed by atoms with van der Waals surface area (Å²) in [5, 5.41) is 6.23. The number of pyridine rings is 1. The molecular weight excluding hydrogens is 395 g/mol. The Morgan fingerprint density at radius 1 is 1.19 bits per heavy atom. The van der Waals surface area contributed by atoms with Gasteiger partial charge in [0, 0.05) is 37.1 Å². The van der Waals surface area contributed by atoms with Crippen LogP contribution in [-0.2, 0) is 0 Å². The van der Waals surface area contributed by atoms with E-state index in [1.54, 1.807) is 19.3 Å². The lowest BCUT2D eigenvalue weighted by Gasteiger charge is -2.17. The zero-order valence-electron chi connectivity index (χ0n) is 17.9. The first-order valence-corrected chi connectivity index (χ1v) is 10.9. The van der Waals surface area contributed by atoms with Gasteiger partial charge in [-0.3, -0.25) is 4.79 Å². The first kappa shape index (κ1) is 19.9. The maximum atomic E-state index is 14.8. The van der Waals surface area contributed by atoms with Gasteiger partial charge in [-0.15, -0.1) is 0 Å². The van der Waals surface area contributed by atoms with Gasteiger partial charge in [0.2, 0.25) is 0 Å². The Morgan fingerprint density at radius 2 is 2.03 bits per heavy atom. The van der Waals surface area contributed by atoms with E-state index in [1.165, 1.54) is 19.0 Å². The van der Waals surface area contributed by atoms with E-state index in [2.05, 4.69) is 25.5 Å². The summed E-state index contributed by atoms with van der Waals surface area (Å²) in [6, 6.07) is 2.64. The lowest BCUT2D eigenvalue weighted by atomic mass is 10.1. The SMILES string of the molecule is Cc1cc2c(C)c(F)c(NC(=O)c3cnc(N4CC[C@H](CNC5CC5)C4)cn3)cn2c1. The molecule has 0 bridgehead atoms. The fourth-order valence-electron chi connectivity index (χ4n) is 4.24. The van der Waals surface area contributed by atoms with E-state index in [0.717, 1.165) is 49.0 Å². The molecule has 31 heavy (non-hydrogen) atoms. The molecular formula is C23H27FN6O. The summed E-state index contributed by atoms with van der Waals surface area (Å²) >= 11 is 0. The predicted molar refractivity (Wildman–Crippen MR) is 118 cm³/mol. The van der Waals surface area contributed by atoms with Crippen LogP contribution in [0.5, 0.6) is 0 Å². The van der Waals surface area contributed by atoms with Crippen molar-refractivity contribution < 1.29 is 9.18 Å². The number of rotatable bonds is 6. The molecule has 1 saturated carbocycles. The normalized spacial score (nSPS) is 18.7. The minimum atomic E-state index is -0.478. The van der Waals surface area contributed by atoms with Crippen molar-refractivity contribution >= 4 is 22.9 Å². The molecule has 1 aliphatic carbocycles. The van der Waals surface area contributed by atoms with Gasteiger partial charge in [0.1, 0.15) is 11.5 Å². The number of aromatic nitrogens is 3. The Labute approximate surface area is 180 Å². The van der Waals surface area contributed by atoms with Gasteiger partial charge in [-0.25, -0.2) is 14.4 Å². The number of amides is 1. The Hall–Kier alpha value is -3.00. The molecule has 3 aromatic heterocycles. The monoisotopic (exact) mass is 422 g/mol. The molecule has 1 saturated heterocycles. The van der Waals surface area contributed by atoms with Crippen molar-refractivity contribution in [2.45, 2.75) is 39.2 Å². The number of hydrogen-bond acceptors (Lipinski definition) is 5. The highest BCUT2D eigenvalue weighted by atomic mass is 19.1. The van der Waals surface area contributed by atoms with Gasteiger partial charge >= 0.3 is 0 Å². The first-order chi connectivity index (χ1) is 15.0. The summed E-state index contributed by atoms with van der Waals surface area (Å²) in [5.41, 5.74) is 2.60. The largest absolute Gasteiger partial charge is 0.355 e. The second-order valence-electron chi connectivity index (χ2n) is 8.79. The molecule has 1 amide bonds. The number of aryl methyl sites for hydroxylation is 2. The summed E-state index contributed by atoms with van der Waals surface area (Å²) < 4.78 is 16.6. The van der Waals surface area contributed by atoms with Crippen molar-refractivity contribution in [3.05, 3.63) is 53.5 Å². The van der Waals surface area contributed by atoms with Crippen LogP contribution in [0.1, 0.15) is 40.9 Å². The highest BCUT2D eigenvalue weighted by molar-refractivity contribution is 6.02. The number of nitrogens with zero attached hydrogens (tertiary/aromatic N) is 4. The van der Waals surface area contributed by atoms with Crippen LogP contribution < -0.4 is 15.5 Å². The highest BCUT2D eigenvalue weighted by Gasteiger charge is 2.27. The molecule has 162 valence electrons. The highest BCUT2D eigenvalue weighted by Crippen LogP contribution is 2.25. The Bertz CT molecular complexity index is 1120. The number of carbonyl (C=O) groups is 1. The van der Waals surface area contributed by atoms with E-state index in [0.29, 0.717) is 11.5 Å². The van der Waals surface area contributed by atoms with Crippen LogP contribution in [0.25, 0.3) is 5.52 Å². The van der Waals surface area contributed by atoms with Crippen molar-refractivity contribution in [3.63, 3.8) is 0 Å². The van der Waals surface area contributed by atoms with Crippen molar-refractivity contribution in [2.75, 3.05) is 29.9 Å². The summed E-state index contributed by atoms with van der Waals surface area (Å²) in [6.07, 6.45) is 10.3. The maximum Gasteiger partial charge on any atom is 0.275 e. The van der Waals surface area contributed by atoms with E-state index in [9.17, 15) is 9.18 Å². The molecule has 4 heterocycles. The lowest BCUT2D eigenvalue weighted by Crippen LogP contribution is -2.28. The molecule has 1 atom stereocenters. The van der Waals surface area contributed by atoms with Crippen LogP contribution in [0.15, 0.2) is 30.9 Å². The van der Waals surface area contributed by atoms with Gasteiger partial charge in [0.05, 0.1) is 23.6 Å². The molecule has 2 fully saturated rings. The van der Waals surface area contributed by atoms with Gasteiger partial charge in [-0.05, 0) is 57.2 Å². The van der Waals surface area contributed by atoms with E-state index < -0.39 is 11.7 Å². The van der Waals surface area contributed by atoms with Gasteiger partial charge in [-0.2, -0.15) is 0 Å². The molecule has 2 N–H and O–H groups in total. The van der Waals surface area contributed by atoms with Gasteiger partial charge < -0.3 is 19.9 Å². The van der Waals surface area contributed by atoms with E-state index in [4.69, 9.17) is 0 Å². The van der Waals surface area contributed by atoms with E-state index in [-0.39, 0.29) is 11.4 Å². The van der Waals surface area contributed by atoms with Crippen LogP contribution in [0, 0.1) is 25.6 Å². The number of anilines is 2. The van der Waals surface area contributed by atoms with Crippen molar-refractivity contribution in [3.8, 4) is 0 Å². The van der Waals surface area contributed by atoms with E-state index in [1.807, 2.05) is 23.6 Å². The number of nitrogens with one attached hydrogen (secondary N) is 2. The fourth-order valence-corrected chi connectivity index (χ4v) is 4.24. The average Bonchev–Trinajstić information content (AvgIpc) is 3.34. The smallest absolute Gasteiger partial charge is 0.275 e. The second-order valence-corrected chi connectivity index (χ2v) is 8.79. The lowest BCUT2D eigenvalue weighted by molar-refractivity contribution is 0.102. The zero-order chi connectivity index (χ0) is 21.5. The van der Waals surface area contributed by atoms with Gasteiger partial charge in [-0.1, -0.05) is 0 Å². The van der Waals surface area contributed by atoms with Crippen LogP contribution >= 0.6 is 0 Å². The predicted octanol–water partition coefficient (Wildman–Crippen LogP) is 3.32. The quantitative estimate of drug-likeness (QED) is 0.638. The summed E-state index contributed by atoms with van der Waals surface area (Å²) in [5.74, 6) is 0.473. The average molecular weight is 423 g/mol. The van der Waals surface area contributed by atoms with Crippen LogP contribution in [0.2, 0.25) is 0 Å². The minimum Gasteiger partial charge on any atom is -0.355 e. The maximum absolute atomic E-state index is 14.8. The summed E-state index contributed by atoms with van der Waals surface area (Å²) in [4.78, 5) is 23.6. The molecule has 0 radical (unpaired) electrons. The summed E-state index contributed by atoms with van der Waals surface area (Å²) in [6.45, 7) is 6.59.